The predicted molar refractivity (Wildman–Crippen MR) is 77.9 cm³/mol. The van der Waals surface area contributed by atoms with Crippen molar-refractivity contribution in [3.8, 4) is 0 Å². The minimum absolute atomic E-state index is 0.205. The molecule has 0 spiro atoms. The second-order valence-electron chi connectivity index (χ2n) is 4.66. The molecule has 1 heterocycles. The van der Waals surface area contributed by atoms with Gasteiger partial charge in [-0.2, -0.15) is 0 Å². The highest BCUT2D eigenvalue weighted by atomic mass is 79.9. The van der Waals surface area contributed by atoms with Crippen molar-refractivity contribution in [2.75, 3.05) is 11.4 Å². The molecule has 0 N–H and O–H groups in total. The monoisotopic (exact) mass is 359 g/mol. The number of halogens is 2. The van der Waals surface area contributed by atoms with E-state index >= 15 is 0 Å². The highest BCUT2D eigenvalue weighted by molar-refractivity contribution is 9.10. The Kier molecular flexibility index (Phi) is 3.93. The van der Waals surface area contributed by atoms with Gasteiger partial charge in [-0.3, -0.25) is 4.79 Å². The first-order valence-corrected chi connectivity index (χ1v) is 7.43. The summed E-state index contributed by atoms with van der Waals surface area (Å²) in [5, 5.41) is 0. The van der Waals surface area contributed by atoms with Crippen LogP contribution < -0.4 is 4.90 Å². The Labute approximate surface area is 119 Å². The van der Waals surface area contributed by atoms with Crippen molar-refractivity contribution in [2.24, 2.45) is 0 Å². The summed E-state index contributed by atoms with van der Waals surface area (Å²) >= 11 is 7.01. The van der Waals surface area contributed by atoms with Crippen molar-refractivity contribution in [1.82, 2.24) is 0 Å². The average molecular weight is 361 g/mol. The number of hydrogen-bond donors (Lipinski definition) is 0. The second-order valence-corrected chi connectivity index (χ2v) is 6.87. The molecule has 1 aliphatic heterocycles. The Morgan fingerprint density at radius 3 is 2.65 bits per heavy atom. The number of amides is 1. The molecule has 0 aromatic heterocycles. The van der Waals surface area contributed by atoms with E-state index < -0.39 is 0 Å². The van der Waals surface area contributed by atoms with Crippen LogP contribution in [0.25, 0.3) is 0 Å². The topological polar surface area (TPSA) is 20.3 Å². The zero-order chi connectivity index (χ0) is 12.6. The number of alkyl halides is 1. The molecule has 2 nitrogen and oxygen atoms in total. The summed E-state index contributed by atoms with van der Waals surface area (Å²) in [6.07, 6.45) is 0.591. The van der Waals surface area contributed by atoms with E-state index in [1.54, 1.807) is 0 Å². The highest BCUT2D eigenvalue weighted by Gasteiger charge is 2.30. The van der Waals surface area contributed by atoms with Crippen LogP contribution in [0, 0.1) is 0 Å². The van der Waals surface area contributed by atoms with Gasteiger partial charge in [-0.1, -0.05) is 45.7 Å². The summed E-state index contributed by atoms with van der Waals surface area (Å²) in [4.78, 5) is 14.1. The fraction of sp³-hybridized carbons (Fsp3) is 0.462. The summed E-state index contributed by atoms with van der Waals surface area (Å²) in [7, 11) is 0. The van der Waals surface area contributed by atoms with Gasteiger partial charge in [0.25, 0.3) is 0 Å². The van der Waals surface area contributed by atoms with Crippen LogP contribution in [0.4, 0.5) is 5.69 Å². The molecule has 1 unspecified atom stereocenters. The minimum Gasteiger partial charge on any atom is -0.311 e. The van der Waals surface area contributed by atoms with E-state index in [-0.39, 0.29) is 10.7 Å². The van der Waals surface area contributed by atoms with Gasteiger partial charge in [-0.25, -0.2) is 0 Å². The van der Waals surface area contributed by atoms with Gasteiger partial charge >= 0.3 is 0 Å². The first kappa shape index (κ1) is 13.1. The van der Waals surface area contributed by atoms with E-state index in [2.05, 4.69) is 51.8 Å². The van der Waals surface area contributed by atoms with Crippen LogP contribution in [-0.2, 0) is 4.79 Å². The molecule has 1 aliphatic rings. The van der Waals surface area contributed by atoms with Gasteiger partial charge in [0, 0.05) is 28.0 Å². The number of anilines is 1. The lowest BCUT2D eigenvalue weighted by atomic mass is 10.0. The number of rotatable bonds is 2. The molecule has 1 atom stereocenters. The smallest absolute Gasteiger partial charge is 0.228 e. The first-order chi connectivity index (χ1) is 7.99. The number of hydrogen-bond acceptors (Lipinski definition) is 1. The van der Waals surface area contributed by atoms with E-state index in [4.69, 9.17) is 0 Å². The van der Waals surface area contributed by atoms with Gasteiger partial charge < -0.3 is 4.90 Å². The number of carbonyl (C=O) groups excluding carboxylic acids is 1. The summed E-state index contributed by atoms with van der Waals surface area (Å²) in [5.41, 5.74) is 2.27. The van der Waals surface area contributed by atoms with Crippen molar-refractivity contribution < 1.29 is 4.79 Å². The number of carbonyl (C=O) groups is 1. The molecule has 0 aliphatic carbocycles. The average Bonchev–Trinajstić information content (AvgIpc) is 2.57. The SMILES string of the molecule is CC(C)c1cc(Br)ccc1N1CC(Br)CC1=O. The molecule has 92 valence electrons. The Morgan fingerprint density at radius 1 is 1.41 bits per heavy atom. The maximum absolute atomic E-state index is 11.9. The normalized spacial score (nSPS) is 20.4. The van der Waals surface area contributed by atoms with Gasteiger partial charge in [0.15, 0.2) is 0 Å². The number of nitrogens with zero attached hydrogens (tertiary/aromatic N) is 1. The van der Waals surface area contributed by atoms with Crippen LogP contribution in [-0.4, -0.2) is 17.3 Å². The van der Waals surface area contributed by atoms with Crippen LogP contribution in [0.1, 0.15) is 31.7 Å². The van der Waals surface area contributed by atoms with Crippen LogP contribution in [0.15, 0.2) is 22.7 Å². The Bertz CT molecular complexity index is 445. The maximum Gasteiger partial charge on any atom is 0.228 e. The molecular formula is C13H15Br2NO. The van der Waals surface area contributed by atoms with E-state index in [1.165, 1.54) is 5.56 Å². The van der Waals surface area contributed by atoms with Crippen LogP contribution in [0.3, 0.4) is 0 Å². The number of benzene rings is 1. The third-order valence-electron chi connectivity index (χ3n) is 2.98. The molecule has 0 radical (unpaired) electrons. The fourth-order valence-electron chi connectivity index (χ4n) is 2.13. The zero-order valence-corrected chi connectivity index (χ0v) is 13.1. The van der Waals surface area contributed by atoms with Crippen molar-refractivity contribution in [3.63, 3.8) is 0 Å². The molecule has 2 rings (SSSR count). The van der Waals surface area contributed by atoms with Crippen molar-refractivity contribution >= 4 is 43.5 Å². The predicted octanol–water partition coefficient (Wildman–Crippen LogP) is 4.07. The molecule has 17 heavy (non-hydrogen) atoms. The van der Waals surface area contributed by atoms with Crippen molar-refractivity contribution in [2.45, 2.75) is 31.0 Å². The Hall–Kier alpha value is -0.350. The Morgan fingerprint density at radius 2 is 2.12 bits per heavy atom. The molecule has 1 saturated heterocycles. The van der Waals surface area contributed by atoms with Gasteiger partial charge in [-0.15, -0.1) is 0 Å². The summed E-state index contributed by atoms with van der Waals surface area (Å²) in [6, 6.07) is 6.13. The zero-order valence-electron chi connectivity index (χ0n) is 9.91. The fourth-order valence-corrected chi connectivity index (χ4v) is 3.08. The molecule has 1 fully saturated rings. The molecular weight excluding hydrogens is 346 g/mol. The molecule has 1 aromatic carbocycles. The van der Waals surface area contributed by atoms with Gasteiger partial charge in [0.1, 0.15) is 0 Å². The Balaban J connectivity index is 2.41. The van der Waals surface area contributed by atoms with Crippen molar-refractivity contribution in [3.05, 3.63) is 28.2 Å². The van der Waals surface area contributed by atoms with Gasteiger partial charge in [0.05, 0.1) is 0 Å². The quantitative estimate of drug-likeness (QED) is 0.728. The van der Waals surface area contributed by atoms with Crippen molar-refractivity contribution in [1.29, 1.82) is 0 Å². The lowest BCUT2D eigenvalue weighted by molar-refractivity contribution is -0.117. The summed E-state index contributed by atoms with van der Waals surface area (Å²) in [5.74, 6) is 0.612. The molecule has 4 heteroatoms. The van der Waals surface area contributed by atoms with Gasteiger partial charge in [0.2, 0.25) is 5.91 Å². The maximum atomic E-state index is 11.9. The largest absolute Gasteiger partial charge is 0.311 e. The lowest BCUT2D eigenvalue weighted by Gasteiger charge is -2.22. The molecule has 0 saturated carbocycles. The summed E-state index contributed by atoms with van der Waals surface area (Å²) < 4.78 is 1.06. The van der Waals surface area contributed by atoms with Gasteiger partial charge in [-0.05, 0) is 29.7 Å². The van der Waals surface area contributed by atoms with Crippen LogP contribution in [0.5, 0.6) is 0 Å². The lowest BCUT2D eigenvalue weighted by Crippen LogP contribution is -2.25. The third kappa shape index (κ3) is 2.74. The van der Waals surface area contributed by atoms with Crippen LogP contribution >= 0.6 is 31.9 Å². The molecule has 1 amide bonds. The molecule has 1 aromatic rings. The second kappa shape index (κ2) is 5.11. The first-order valence-electron chi connectivity index (χ1n) is 5.73. The van der Waals surface area contributed by atoms with E-state index in [0.29, 0.717) is 12.3 Å². The van der Waals surface area contributed by atoms with E-state index in [9.17, 15) is 4.79 Å². The standard InChI is InChI=1S/C13H15Br2NO/c1-8(2)11-5-9(14)3-4-12(11)16-7-10(15)6-13(16)17/h3-5,8,10H,6-7H2,1-2H3. The van der Waals surface area contributed by atoms with E-state index in [0.717, 1.165) is 16.7 Å². The molecule has 0 bridgehead atoms. The van der Waals surface area contributed by atoms with Crippen LogP contribution in [0.2, 0.25) is 0 Å². The highest BCUT2D eigenvalue weighted by Crippen LogP contribution is 2.34. The van der Waals surface area contributed by atoms with E-state index in [1.807, 2.05) is 17.0 Å². The third-order valence-corrected chi connectivity index (χ3v) is 4.09. The summed E-state index contributed by atoms with van der Waals surface area (Å²) in [6.45, 7) is 5.06. The minimum atomic E-state index is 0.205.